The molecule has 0 amide bonds. The number of hydrogen-bond donors (Lipinski definition) is 2. The normalized spacial score (nSPS) is 17.1. The second-order valence-electron chi connectivity index (χ2n) is 8.48. The van der Waals surface area contributed by atoms with Gasteiger partial charge in [0.2, 0.25) is 0 Å². The number of nitro groups is 1. The van der Waals surface area contributed by atoms with E-state index in [4.69, 9.17) is 16.6 Å². The first-order valence-electron chi connectivity index (χ1n) is 11.7. The Kier molecular flexibility index (Phi) is 6.90. The third-order valence-electron chi connectivity index (χ3n) is 6.14. The van der Waals surface area contributed by atoms with Crippen LogP contribution in [0.2, 0.25) is 0 Å². The Morgan fingerprint density at radius 3 is 2.67 bits per heavy atom. The maximum Gasteiger partial charge on any atom is 0.270 e. The molecule has 2 N–H and O–H groups in total. The fraction of sp³-hybridized carbons (Fsp3) is 0.185. The van der Waals surface area contributed by atoms with E-state index >= 15 is 0 Å². The molecule has 2 aromatic heterocycles. The molecule has 9 heteroatoms. The quantitative estimate of drug-likeness (QED) is 0.131. The number of hydrogen-bond acceptors (Lipinski definition) is 6. The van der Waals surface area contributed by atoms with E-state index in [-0.39, 0.29) is 17.8 Å². The fourth-order valence-corrected chi connectivity index (χ4v) is 4.76. The van der Waals surface area contributed by atoms with E-state index in [0.29, 0.717) is 23.0 Å². The molecule has 1 aliphatic heterocycles. The van der Waals surface area contributed by atoms with Crippen molar-refractivity contribution in [3.05, 3.63) is 113 Å². The monoisotopic (exact) mass is 499 g/mol. The third kappa shape index (κ3) is 5.06. The highest BCUT2D eigenvalue weighted by Crippen LogP contribution is 2.40. The van der Waals surface area contributed by atoms with E-state index in [1.165, 1.54) is 12.1 Å². The number of rotatable bonds is 9. The molecule has 182 valence electrons. The molecule has 0 radical (unpaired) electrons. The van der Waals surface area contributed by atoms with Crippen molar-refractivity contribution in [2.24, 2.45) is 0 Å². The summed E-state index contributed by atoms with van der Waals surface area (Å²) in [5, 5.41) is 18.7. The third-order valence-corrected chi connectivity index (χ3v) is 6.49. The van der Waals surface area contributed by atoms with Crippen LogP contribution < -0.4 is 10.6 Å². The van der Waals surface area contributed by atoms with Crippen molar-refractivity contribution in [2.75, 3.05) is 18.4 Å². The molecule has 2 aromatic carbocycles. The minimum atomic E-state index is -0.408. The first-order valence-corrected chi connectivity index (χ1v) is 12.1. The zero-order valence-corrected chi connectivity index (χ0v) is 20.2. The van der Waals surface area contributed by atoms with Crippen LogP contribution in [0.3, 0.4) is 0 Å². The summed E-state index contributed by atoms with van der Waals surface area (Å²) in [4.78, 5) is 17.5. The van der Waals surface area contributed by atoms with Gasteiger partial charge in [-0.25, -0.2) is 0 Å². The van der Waals surface area contributed by atoms with Crippen LogP contribution in [0.4, 0.5) is 11.4 Å². The molecule has 1 fully saturated rings. The largest absolute Gasteiger partial charge is 0.459 e. The first kappa shape index (κ1) is 23.5. The highest BCUT2D eigenvalue weighted by Gasteiger charge is 2.41. The van der Waals surface area contributed by atoms with Gasteiger partial charge in [0.15, 0.2) is 5.11 Å². The number of nitro benzene ring substituents is 1. The lowest BCUT2D eigenvalue weighted by Gasteiger charge is -2.26. The Hall–Kier alpha value is -4.24. The van der Waals surface area contributed by atoms with Crippen molar-refractivity contribution >= 4 is 28.7 Å². The molecule has 8 nitrogen and oxygen atoms in total. The van der Waals surface area contributed by atoms with Crippen LogP contribution in [0.5, 0.6) is 0 Å². The van der Waals surface area contributed by atoms with E-state index in [1.807, 2.05) is 60.7 Å². The Morgan fingerprint density at radius 2 is 1.89 bits per heavy atom. The van der Waals surface area contributed by atoms with Gasteiger partial charge in [0.05, 0.1) is 16.7 Å². The maximum atomic E-state index is 11.2. The highest BCUT2D eigenvalue weighted by atomic mass is 32.1. The van der Waals surface area contributed by atoms with Crippen molar-refractivity contribution in [3.63, 3.8) is 0 Å². The van der Waals surface area contributed by atoms with Gasteiger partial charge in [0.1, 0.15) is 17.6 Å². The maximum absolute atomic E-state index is 11.2. The lowest BCUT2D eigenvalue weighted by molar-refractivity contribution is -0.384. The van der Waals surface area contributed by atoms with Gasteiger partial charge in [-0.2, -0.15) is 0 Å². The second-order valence-corrected chi connectivity index (χ2v) is 8.86. The van der Waals surface area contributed by atoms with Gasteiger partial charge in [-0.05, 0) is 55.0 Å². The van der Waals surface area contributed by atoms with Crippen LogP contribution in [-0.2, 0) is 0 Å². The van der Waals surface area contributed by atoms with Crippen molar-refractivity contribution in [2.45, 2.75) is 18.5 Å². The average Bonchev–Trinajstić information content (AvgIpc) is 3.52. The smallest absolute Gasteiger partial charge is 0.270 e. The number of thiocarbonyl (C=S) groups is 1. The summed E-state index contributed by atoms with van der Waals surface area (Å²) >= 11 is 5.73. The number of benzene rings is 2. The Balaban J connectivity index is 1.39. The molecule has 4 aromatic rings. The van der Waals surface area contributed by atoms with E-state index in [2.05, 4.69) is 20.5 Å². The summed E-state index contributed by atoms with van der Waals surface area (Å²) in [6.45, 7) is 1.51. The van der Waals surface area contributed by atoms with E-state index in [9.17, 15) is 10.1 Å². The molecule has 3 heterocycles. The molecule has 5 rings (SSSR count). The number of nitrogens with one attached hydrogen (secondary N) is 2. The zero-order chi connectivity index (χ0) is 24.9. The first-order chi connectivity index (χ1) is 17.6. The summed E-state index contributed by atoms with van der Waals surface area (Å²) in [5.41, 5.74) is 2.61. The van der Waals surface area contributed by atoms with Gasteiger partial charge >= 0.3 is 0 Å². The van der Waals surface area contributed by atoms with Gasteiger partial charge in [-0.3, -0.25) is 15.1 Å². The van der Waals surface area contributed by atoms with E-state index in [0.717, 1.165) is 30.1 Å². The molecule has 0 aliphatic carbocycles. The van der Waals surface area contributed by atoms with Crippen LogP contribution in [0, 0.1) is 10.1 Å². The van der Waals surface area contributed by atoms with Crippen molar-refractivity contribution in [1.82, 2.24) is 15.2 Å². The molecule has 0 bridgehead atoms. The van der Waals surface area contributed by atoms with Crippen LogP contribution >= 0.6 is 12.2 Å². The van der Waals surface area contributed by atoms with Gasteiger partial charge in [0, 0.05) is 42.7 Å². The number of pyridine rings is 1. The van der Waals surface area contributed by atoms with Gasteiger partial charge in [0.25, 0.3) is 5.69 Å². The molecular weight excluding hydrogens is 474 g/mol. The number of anilines is 1. The summed E-state index contributed by atoms with van der Waals surface area (Å²) in [6.07, 6.45) is 2.63. The topological polar surface area (TPSA) is 96.5 Å². The average molecular weight is 500 g/mol. The number of para-hydroxylation sites is 1. The van der Waals surface area contributed by atoms with Crippen LogP contribution in [0.1, 0.15) is 30.0 Å². The minimum Gasteiger partial charge on any atom is -0.459 e. The summed E-state index contributed by atoms with van der Waals surface area (Å²) < 4.78 is 6.29. The predicted molar refractivity (Wildman–Crippen MR) is 143 cm³/mol. The molecular formula is C27H25N5O3S. The van der Waals surface area contributed by atoms with E-state index < -0.39 is 4.92 Å². The van der Waals surface area contributed by atoms with Crippen LogP contribution in [-0.4, -0.2) is 33.0 Å². The summed E-state index contributed by atoms with van der Waals surface area (Å²) in [6, 6.07) is 25.7. The minimum absolute atomic E-state index is 0.0214. The summed E-state index contributed by atoms with van der Waals surface area (Å²) in [7, 11) is 0. The molecule has 36 heavy (non-hydrogen) atoms. The number of aromatic nitrogens is 1. The number of non-ortho nitro benzene ring substituents is 1. The molecule has 2 unspecified atom stereocenters. The Labute approximate surface area is 214 Å². The Morgan fingerprint density at radius 1 is 1.06 bits per heavy atom. The fourth-order valence-electron chi connectivity index (χ4n) is 4.43. The Bertz CT molecular complexity index is 1350. The molecule has 2 atom stereocenters. The number of nitrogens with zero attached hydrogens (tertiary/aromatic N) is 3. The van der Waals surface area contributed by atoms with E-state index in [1.54, 1.807) is 18.3 Å². The van der Waals surface area contributed by atoms with Crippen LogP contribution in [0.15, 0.2) is 95.5 Å². The standard InChI is InChI=1S/C27H25N5O3S/c33-32(34)21-11-6-8-19(18-21)23-13-14-24(35-23)26-25(22-12-4-5-15-29-22)30-27(36)31(26)17-7-16-28-20-9-2-1-3-10-20/h1-6,8-15,18,25-26,28H,7,16-17H2,(H,30,36). The van der Waals surface area contributed by atoms with Crippen molar-refractivity contribution < 1.29 is 9.34 Å². The lowest BCUT2D eigenvalue weighted by Crippen LogP contribution is -2.31. The number of furan rings is 1. The summed E-state index contributed by atoms with van der Waals surface area (Å²) in [5.74, 6) is 1.28. The molecule has 0 spiro atoms. The van der Waals surface area contributed by atoms with Crippen molar-refractivity contribution in [1.29, 1.82) is 0 Å². The molecule has 1 saturated heterocycles. The van der Waals surface area contributed by atoms with Gasteiger partial charge in [-0.15, -0.1) is 0 Å². The van der Waals surface area contributed by atoms with Gasteiger partial charge < -0.3 is 20.0 Å². The predicted octanol–water partition coefficient (Wildman–Crippen LogP) is 5.72. The van der Waals surface area contributed by atoms with Crippen LogP contribution in [0.25, 0.3) is 11.3 Å². The molecule has 0 saturated carbocycles. The molecule has 1 aliphatic rings. The van der Waals surface area contributed by atoms with Crippen molar-refractivity contribution in [3.8, 4) is 11.3 Å². The highest BCUT2D eigenvalue weighted by molar-refractivity contribution is 7.80. The second kappa shape index (κ2) is 10.6. The van der Waals surface area contributed by atoms with Gasteiger partial charge in [-0.1, -0.05) is 36.4 Å². The lowest BCUT2D eigenvalue weighted by atomic mass is 10.0. The zero-order valence-electron chi connectivity index (χ0n) is 19.4. The SMILES string of the molecule is O=[N+]([O-])c1cccc(-c2ccc(C3C(c4ccccn4)NC(=S)N3CCCNc3ccccc3)o2)c1.